The minimum atomic E-state index is -3.67. The maximum Gasteiger partial charge on any atom is 0.308 e. The van der Waals surface area contributed by atoms with Crippen molar-refractivity contribution in [3.63, 3.8) is 0 Å². The number of nitrogens with zero attached hydrogens (tertiary/aromatic N) is 3. The maximum atomic E-state index is 12.6. The van der Waals surface area contributed by atoms with Crippen molar-refractivity contribution in [2.75, 3.05) is 50.9 Å². The van der Waals surface area contributed by atoms with Crippen molar-refractivity contribution >= 4 is 21.7 Å². The first-order valence-electron chi connectivity index (χ1n) is 10.4. The molecule has 0 aliphatic heterocycles. The van der Waals surface area contributed by atoms with Gasteiger partial charge in [0.05, 0.1) is 5.75 Å². The quantitative estimate of drug-likeness (QED) is 0.451. The van der Waals surface area contributed by atoms with Gasteiger partial charge in [0.2, 0.25) is 5.91 Å². The summed E-state index contributed by atoms with van der Waals surface area (Å²) in [5, 5.41) is 0. The number of carbonyl (C=O) groups is 1. The van der Waals surface area contributed by atoms with Crippen molar-refractivity contribution in [2.24, 2.45) is 0 Å². The van der Waals surface area contributed by atoms with E-state index in [4.69, 9.17) is 4.18 Å². The number of hydrogen-bond acceptors (Lipinski definition) is 6. The van der Waals surface area contributed by atoms with Gasteiger partial charge in [-0.2, -0.15) is 8.42 Å². The topological polar surface area (TPSA) is 70.2 Å². The molecule has 0 fully saturated rings. The van der Waals surface area contributed by atoms with Crippen molar-refractivity contribution in [1.29, 1.82) is 0 Å². The van der Waals surface area contributed by atoms with Gasteiger partial charge >= 0.3 is 10.1 Å². The van der Waals surface area contributed by atoms with E-state index in [1.54, 1.807) is 17.9 Å². The first-order chi connectivity index (χ1) is 13.7. The summed E-state index contributed by atoms with van der Waals surface area (Å²) in [7, 11) is 0.251. The predicted octanol–water partition coefficient (Wildman–Crippen LogP) is 2.95. The number of likely N-dealkylation sites (N-methyl/N-ethyl adjacent to an activating group) is 1. The van der Waals surface area contributed by atoms with E-state index in [0.717, 1.165) is 31.7 Å². The standard InChI is InChI=1S/C21H37N3O4S/c1-7-11-21(25)24(15-14-22(5)6)17-18-12-13-19(23(8-2)9-3)16-20(18)28-29(26,27)10-4/h12-13,16H,7-11,14-15,17H2,1-6H3. The van der Waals surface area contributed by atoms with E-state index in [0.29, 0.717) is 30.8 Å². The number of benzene rings is 1. The summed E-state index contributed by atoms with van der Waals surface area (Å²) >= 11 is 0. The van der Waals surface area contributed by atoms with Gasteiger partial charge in [-0.05, 0) is 47.4 Å². The van der Waals surface area contributed by atoms with E-state index in [2.05, 4.69) is 4.90 Å². The summed E-state index contributed by atoms with van der Waals surface area (Å²) in [4.78, 5) is 18.5. The molecule has 0 atom stereocenters. The van der Waals surface area contributed by atoms with Crippen molar-refractivity contribution in [3.8, 4) is 5.75 Å². The van der Waals surface area contributed by atoms with Crippen LogP contribution in [0.3, 0.4) is 0 Å². The lowest BCUT2D eigenvalue weighted by Gasteiger charge is -2.27. The summed E-state index contributed by atoms with van der Waals surface area (Å²) < 4.78 is 29.7. The lowest BCUT2D eigenvalue weighted by atomic mass is 10.1. The number of anilines is 1. The highest BCUT2D eigenvalue weighted by Gasteiger charge is 2.20. The first-order valence-corrected chi connectivity index (χ1v) is 12.0. The van der Waals surface area contributed by atoms with Crippen LogP contribution in [0.2, 0.25) is 0 Å². The van der Waals surface area contributed by atoms with Crippen LogP contribution in [0.15, 0.2) is 18.2 Å². The smallest absolute Gasteiger partial charge is 0.308 e. The Bertz CT molecular complexity index is 746. The van der Waals surface area contributed by atoms with E-state index < -0.39 is 10.1 Å². The van der Waals surface area contributed by atoms with Gasteiger partial charge in [-0.3, -0.25) is 4.79 Å². The zero-order valence-corrected chi connectivity index (χ0v) is 19.6. The molecule has 1 aromatic rings. The predicted molar refractivity (Wildman–Crippen MR) is 119 cm³/mol. The minimum Gasteiger partial charge on any atom is -0.382 e. The van der Waals surface area contributed by atoms with Crippen LogP contribution in [0.1, 0.15) is 46.1 Å². The Labute approximate surface area is 176 Å². The SMILES string of the molecule is CCCC(=O)N(CCN(C)C)Cc1ccc(N(CC)CC)cc1OS(=O)(=O)CC. The Hall–Kier alpha value is -1.80. The molecule has 0 aromatic heterocycles. The molecule has 0 aliphatic carbocycles. The van der Waals surface area contributed by atoms with Gasteiger partial charge in [-0.15, -0.1) is 0 Å². The molecule has 0 bridgehead atoms. The van der Waals surface area contributed by atoms with E-state index in [9.17, 15) is 13.2 Å². The van der Waals surface area contributed by atoms with Gasteiger partial charge in [0, 0.05) is 56.5 Å². The normalized spacial score (nSPS) is 11.6. The van der Waals surface area contributed by atoms with Crippen LogP contribution >= 0.6 is 0 Å². The monoisotopic (exact) mass is 427 g/mol. The Morgan fingerprint density at radius 2 is 1.69 bits per heavy atom. The zero-order chi connectivity index (χ0) is 22.0. The van der Waals surface area contributed by atoms with Crippen molar-refractivity contribution in [2.45, 2.75) is 47.1 Å². The minimum absolute atomic E-state index is 0.0615. The fraction of sp³-hybridized carbons (Fsp3) is 0.667. The second-order valence-electron chi connectivity index (χ2n) is 7.26. The molecule has 7 nitrogen and oxygen atoms in total. The Morgan fingerprint density at radius 1 is 1.03 bits per heavy atom. The molecule has 29 heavy (non-hydrogen) atoms. The summed E-state index contributed by atoms with van der Waals surface area (Å²) in [6, 6.07) is 5.60. The second kappa shape index (κ2) is 12.0. The largest absolute Gasteiger partial charge is 0.382 e. The van der Waals surface area contributed by atoms with Gasteiger partial charge < -0.3 is 18.9 Å². The van der Waals surface area contributed by atoms with Crippen molar-refractivity contribution in [1.82, 2.24) is 9.80 Å². The van der Waals surface area contributed by atoms with Crippen LogP contribution in [0, 0.1) is 0 Å². The van der Waals surface area contributed by atoms with Crippen LogP contribution in [0.4, 0.5) is 5.69 Å². The van der Waals surface area contributed by atoms with Crippen LogP contribution in [-0.4, -0.2) is 70.2 Å². The molecule has 0 saturated heterocycles. The van der Waals surface area contributed by atoms with Gasteiger partial charge in [0.15, 0.2) is 0 Å². The Morgan fingerprint density at radius 3 is 2.21 bits per heavy atom. The molecule has 0 aliphatic rings. The molecular formula is C21H37N3O4S. The van der Waals surface area contributed by atoms with E-state index in [1.807, 2.05) is 51.9 Å². The molecule has 0 unspecified atom stereocenters. The highest BCUT2D eigenvalue weighted by molar-refractivity contribution is 7.87. The van der Waals surface area contributed by atoms with E-state index in [-0.39, 0.29) is 11.7 Å². The fourth-order valence-electron chi connectivity index (χ4n) is 2.92. The van der Waals surface area contributed by atoms with Gasteiger partial charge in [-0.1, -0.05) is 13.0 Å². The number of rotatable bonds is 13. The fourth-order valence-corrected chi connectivity index (χ4v) is 3.47. The molecule has 166 valence electrons. The maximum absolute atomic E-state index is 12.6. The van der Waals surface area contributed by atoms with Gasteiger partial charge in [0.1, 0.15) is 5.75 Å². The van der Waals surface area contributed by atoms with Gasteiger partial charge in [0.25, 0.3) is 0 Å². The molecule has 8 heteroatoms. The van der Waals surface area contributed by atoms with Gasteiger partial charge in [-0.25, -0.2) is 0 Å². The molecule has 0 spiro atoms. The Kier molecular flexibility index (Phi) is 10.5. The Balaban J connectivity index is 3.28. The zero-order valence-electron chi connectivity index (χ0n) is 18.8. The third kappa shape index (κ3) is 8.22. The third-order valence-electron chi connectivity index (χ3n) is 4.74. The highest BCUT2D eigenvalue weighted by Crippen LogP contribution is 2.28. The van der Waals surface area contributed by atoms with Crippen LogP contribution in [-0.2, 0) is 21.5 Å². The molecule has 0 N–H and O–H groups in total. The summed E-state index contributed by atoms with van der Waals surface area (Å²) in [5.74, 6) is 0.253. The van der Waals surface area contributed by atoms with Crippen LogP contribution < -0.4 is 9.08 Å². The second-order valence-corrected chi connectivity index (χ2v) is 9.12. The van der Waals surface area contributed by atoms with Crippen molar-refractivity contribution in [3.05, 3.63) is 23.8 Å². The van der Waals surface area contributed by atoms with E-state index in [1.165, 1.54) is 0 Å². The molecule has 1 amide bonds. The first kappa shape index (κ1) is 25.2. The van der Waals surface area contributed by atoms with Crippen LogP contribution in [0.5, 0.6) is 5.75 Å². The summed E-state index contributed by atoms with van der Waals surface area (Å²) in [5.41, 5.74) is 1.60. The summed E-state index contributed by atoms with van der Waals surface area (Å²) in [6.07, 6.45) is 1.24. The van der Waals surface area contributed by atoms with Crippen LogP contribution in [0.25, 0.3) is 0 Å². The average Bonchev–Trinajstić information content (AvgIpc) is 2.67. The molecule has 0 saturated carbocycles. The number of hydrogen-bond donors (Lipinski definition) is 0. The summed E-state index contributed by atoms with van der Waals surface area (Å²) in [6.45, 7) is 10.9. The number of carbonyl (C=O) groups excluding carboxylic acids is 1. The molecule has 0 radical (unpaired) electrons. The third-order valence-corrected chi connectivity index (χ3v) is 5.89. The number of amides is 1. The molecule has 1 aromatic carbocycles. The average molecular weight is 428 g/mol. The highest BCUT2D eigenvalue weighted by atomic mass is 32.2. The lowest BCUT2D eigenvalue weighted by Crippen LogP contribution is -2.36. The molecular weight excluding hydrogens is 390 g/mol. The van der Waals surface area contributed by atoms with Crippen molar-refractivity contribution < 1.29 is 17.4 Å². The molecule has 0 heterocycles. The lowest BCUT2D eigenvalue weighted by molar-refractivity contribution is -0.132. The van der Waals surface area contributed by atoms with E-state index >= 15 is 0 Å². The molecule has 1 rings (SSSR count).